The second kappa shape index (κ2) is 4.79. The third-order valence-corrected chi connectivity index (χ3v) is 2.03. The number of hydrogen-bond acceptors (Lipinski definition) is 3. The molecular formula is C11H17N3O. The van der Waals surface area contributed by atoms with E-state index < -0.39 is 0 Å². The van der Waals surface area contributed by atoms with Gasteiger partial charge in [-0.2, -0.15) is 0 Å². The molecule has 15 heavy (non-hydrogen) atoms. The van der Waals surface area contributed by atoms with Crippen LogP contribution in [0.15, 0.2) is 18.2 Å². The topological polar surface area (TPSA) is 58.4 Å². The third kappa shape index (κ3) is 3.25. The van der Waals surface area contributed by atoms with Crippen LogP contribution in [-0.2, 0) is 4.79 Å². The van der Waals surface area contributed by atoms with Crippen molar-refractivity contribution in [1.29, 1.82) is 0 Å². The zero-order chi connectivity index (χ0) is 11.4. The molecule has 0 unspecified atom stereocenters. The molecule has 0 fully saturated rings. The van der Waals surface area contributed by atoms with Gasteiger partial charge in [0.15, 0.2) is 0 Å². The molecule has 0 aliphatic carbocycles. The molecule has 0 spiro atoms. The van der Waals surface area contributed by atoms with Crippen molar-refractivity contribution in [2.45, 2.75) is 6.92 Å². The number of nitrogen functional groups attached to an aromatic ring is 1. The van der Waals surface area contributed by atoms with E-state index in [0.717, 1.165) is 5.56 Å². The maximum absolute atomic E-state index is 11.5. The monoisotopic (exact) mass is 207 g/mol. The molecule has 4 heteroatoms. The Hall–Kier alpha value is -1.55. The summed E-state index contributed by atoms with van der Waals surface area (Å²) in [5.74, 6) is -0.0546. The number of carbonyl (C=O) groups is 1. The highest BCUT2D eigenvalue weighted by Gasteiger charge is 2.07. The lowest BCUT2D eigenvalue weighted by molar-refractivity contribution is -0.116. The van der Waals surface area contributed by atoms with Crippen LogP contribution in [0.25, 0.3) is 0 Å². The number of anilines is 2. The molecule has 0 saturated heterocycles. The van der Waals surface area contributed by atoms with Gasteiger partial charge >= 0.3 is 0 Å². The normalized spacial score (nSPS) is 10.4. The second-order valence-corrected chi connectivity index (χ2v) is 3.83. The summed E-state index contributed by atoms with van der Waals surface area (Å²) in [7, 11) is 3.70. The molecule has 0 aliphatic heterocycles. The quantitative estimate of drug-likeness (QED) is 0.729. The SMILES string of the molecule is Cc1cccc(N)c1NC(=O)CN(C)C. The molecule has 1 aromatic carbocycles. The van der Waals surface area contributed by atoms with Gasteiger partial charge in [0.25, 0.3) is 0 Å². The minimum atomic E-state index is -0.0546. The Kier molecular flexibility index (Phi) is 3.68. The van der Waals surface area contributed by atoms with Gasteiger partial charge in [0, 0.05) is 0 Å². The molecule has 0 radical (unpaired) electrons. The van der Waals surface area contributed by atoms with Crippen molar-refractivity contribution >= 4 is 17.3 Å². The van der Waals surface area contributed by atoms with E-state index in [1.165, 1.54) is 0 Å². The molecule has 0 atom stereocenters. The largest absolute Gasteiger partial charge is 0.397 e. The van der Waals surface area contributed by atoms with Crippen LogP contribution >= 0.6 is 0 Å². The summed E-state index contributed by atoms with van der Waals surface area (Å²) in [6.07, 6.45) is 0. The molecule has 82 valence electrons. The van der Waals surface area contributed by atoms with Crippen molar-refractivity contribution in [2.24, 2.45) is 0 Å². The van der Waals surface area contributed by atoms with E-state index >= 15 is 0 Å². The second-order valence-electron chi connectivity index (χ2n) is 3.83. The maximum Gasteiger partial charge on any atom is 0.238 e. The van der Waals surface area contributed by atoms with E-state index in [0.29, 0.717) is 17.9 Å². The number of likely N-dealkylation sites (N-methyl/N-ethyl adjacent to an activating group) is 1. The van der Waals surface area contributed by atoms with E-state index in [1.54, 1.807) is 6.07 Å². The highest BCUT2D eigenvalue weighted by atomic mass is 16.2. The molecule has 1 amide bonds. The molecular weight excluding hydrogens is 190 g/mol. The number of rotatable bonds is 3. The molecule has 0 saturated carbocycles. The van der Waals surface area contributed by atoms with E-state index in [1.807, 2.05) is 38.1 Å². The van der Waals surface area contributed by atoms with Gasteiger partial charge in [0.05, 0.1) is 17.9 Å². The van der Waals surface area contributed by atoms with Gasteiger partial charge in [-0.25, -0.2) is 0 Å². The fourth-order valence-electron chi connectivity index (χ4n) is 1.33. The van der Waals surface area contributed by atoms with Gasteiger partial charge in [0.1, 0.15) is 0 Å². The molecule has 0 heterocycles. The molecule has 1 rings (SSSR count). The fourth-order valence-corrected chi connectivity index (χ4v) is 1.33. The zero-order valence-corrected chi connectivity index (χ0v) is 9.37. The predicted octanol–water partition coefficient (Wildman–Crippen LogP) is 1.08. The Bertz CT molecular complexity index is 341. The van der Waals surface area contributed by atoms with E-state index in [4.69, 9.17) is 5.73 Å². The summed E-state index contributed by atoms with van der Waals surface area (Å²) in [4.78, 5) is 13.3. The van der Waals surface area contributed by atoms with Crippen molar-refractivity contribution < 1.29 is 4.79 Å². The first kappa shape index (κ1) is 11.5. The number of nitrogens with zero attached hydrogens (tertiary/aromatic N) is 1. The number of amides is 1. The summed E-state index contributed by atoms with van der Waals surface area (Å²) in [5.41, 5.74) is 8.06. The summed E-state index contributed by atoms with van der Waals surface area (Å²) < 4.78 is 0. The highest BCUT2D eigenvalue weighted by molar-refractivity contribution is 5.96. The van der Waals surface area contributed by atoms with Crippen molar-refractivity contribution in [1.82, 2.24) is 4.90 Å². The van der Waals surface area contributed by atoms with Crippen molar-refractivity contribution in [2.75, 3.05) is 31.7 Å². The summed E-state index contributed by atoms with van der Waals surface area (Å²) in [6, 6.07) is 5.56. The van der Waals surface area contributed by atoms with Crippen LogP contribution in [0.5, 0.6) is 0 Å². The van der Waals surface area contributed by atoms with Gasteiger partial charge in [-0.1, -0.05) is 12.1 Å². The number of hydrogen-bond donors (Lipinski definition) is 2. The molecule has 1 aromatic rings. The third-order valence-electron chi connectivity index (χ3n) is 2.03. The first-order valence-corrected chi connectivity index (χ1v) is 4.80. The number of benzene rings is 1. The van der Waals surface area contributed by atoms with E-state index in [-0.39, 0.29) is 5.91 Å². The summed E-state index contributed by atoms with van der Waals surface area (Å²) in [6.45, 7) is 2.27. The van der Waals surface area contributed by atoms with Crippen LogP contribution in [-0.4, -0.2) is 31.4 Å². The number of carbonyl (C=O) groups excluding carboxylic acids is 1. The Morgan fingerprint density at radius 2 is 2.13 bits per heavy atom. The summed E-state index contributed by atoms with van der Waals surface area (Å²) in [5, 5.41) is 2.80. The minimum absolute atomic E-state index is 0.0546. The lowest BCUT2D eigenvalue weighted by atomic mass is 10.1. The Balaban J connectivity index is 2.76. The molecule has 4 nitrogen and oxygen atoms in total. The van der Waals surface area contributed by atoms with Gasteiger partial charge in [-0.15, -0.1) is 0 Å². The molecule has 0 aliphatic rings. The molecule has 0 aromatic heterocycles. The summed E-state index contributed by atoms with van der Waals surface area (Å²) >= 11 is 0. The van der Waals surface area contributed by atoms with Crippen LogP contribution < -0.4 is 11.1 Å². The van der Waals surface area contributed by atoms with Gasteiger partial charge in [-0.3, -0.25) is 4.79 Å². The number of para-hydroxylation sites is 1. The fraction of sp³-hybridized carbons (Fsp3) is 0.364. The minimum Gasteiger partial charge on any atom is -0.397 e. The Labute approximate surface area is 90.1 Å². The van der Waals surface area contributed by atoms with Crippen molar-refractivity contribution in [3.63, 3.8) is 0 Å². The highest BCUT2D eigenvalue weighted by Crippen LogP contribution is 2.22. The first-order chi connectivity index (χ1) is 7.00. The smallest absolute Gasteiger partial charge is 0.238 e. The number of nitrogens with one attached hydrogen (secondary N) is 1. The van der Waals surface area contributed by atoms with Crippen LogP contribution in [0.1, 0.15) is 5.56 Å². The molecule has 3 N–H and O–H groups in total. The average Bonchev–Trinajstić information content (AvgIpc) is 2.10. The van der Waals surface area contributed by atoms with E-state index in [2.05, 4.69) is 5.32 Å². The Morgan fingerprint density at radius 3 is 2.67 bits per heavy atom. The van der Waals surface area contributed by atoms with Crippen LogP contribution in [0.2, 0.25) is 0 Å². The van der Waals surface area contributed by atoms with Gasteiger partial charge in [0.2, 0.25) is 5.91 Å². The van der Waals surface area contributed by atoms with Crippen molar-refractivity contribution in [3.05, 3.63) is 23.8 Å². The standard InChI is InChI=1S/C11H17N3O/c1-8-5-4-6-9(12)11(8)13-10(15)7-14(2)3/h4-6H,7,12H2,1-3H3,(H,13,15). The lowest BCUT2D eigenvalue weighted by Crippen LogP contribution is -2.27. The van der Waals surface area contributed by atoms with Gasteiger partial charge in [-0.05, 0) is 32.6 Å². The van der Waals surface area contributed by atoms with Crippen LogP contribution in [0, 0.1) is 6.92 Å². The maximum atomic E-state index is 11.5. The van der Waals surface area contributed by atoms with Crippen molar-refractivity contribution in [3.8, 4) is 0 Å². The molecule has 0 bridgehead atoms. The first-order valence-electron chi connectivity index (χ1n) is 4.80. The Morgan fingerprint density at radius 1 is 1.47 bits per heavy atom. The average molecular weight is 207 g/mol. The number of nitrogens with two attached hydrogens (primary N) is 1. The van der Waals surface area contributed by atoms with Gasteiger partial charge < -0.3 is 16.0 Å². The predicted molar refractivity (Wildman–Crippen MR) is 62.8 cm³/mol. The number of aryl methyl sites for hydroxylation is 1. The zero-order valence-electron chi connectivity index (χ0n) is 9.37. The van der Waals surface area contributed by atoms with Crippen LogP contribution in [0.4, 0.5) is 11.4 Å². The van der Waals surface area contributed by atoms with E-state index in [9.17, 15) is 4.79 Å². The lowest BCUT2D eigenvalue weighted by Gasteiger charge is -2.13. The van der Waals surface area contributed by atoms with Crippen LogP contribution in [0.3, 0.4) is 0 Å².